The smallest absolute Gasteiger partial charge is 0.342 e. The number of phenols is 1. The van der Waals surface area contributed by atoms with E-state index in [1.807, 2.05) is 0 Å². The van der Waals surface area contributed by atoms with Crippen molar-refractivity contribution < 1.29 is 24.1 Å². The molecular weight excluding hydrogens is 284 g/mol. The average molecular weight is 306 g/mol. The summed E-state index contributed by atoms with van der Waals surface area (Å²) in [5, 5.41) is 9.98. The molecule has 3 unspecified atom stereocenters. The van der Waals surface area contributed by atoms with Gasteiger partial charge >= 0.3 is 5.97 Å². The highest BCUT2D eigenvalue weighted by Gasteiger charge is 2.32. The lowest BCUT2D eigenvalue weighted by Crippen LogP contribution is -2.34. The molecule has 0 spiro atoms. The summed E-state index contributed by atoms with van der Waals surface area (Å²) in [6, 6.07) is 3.24. The lowest BCUT2D eigenvalue weighted by molar-refractivity contribution is -0.0647. The van der Waals surface area contributed by atoms with Crippen molar-refractivity contribution in [1.82, 2.24) is 0 Å². The zero-order valence-electron chi connectivity index (χ0n) is 13.0. The number of methoxy groups -OCH3 is 1. The van der Waals surface area contributed by atoms with Gasteiger partial charge in [-0.1, -0.05) is 0 Å². The van der Waals surface area contributed by atoms with Crippen molar-refractivity contribution in [3.8, 4) is 11.5 Å². The predicted molar refractivity (Wildman–Crippen MR) is 80.4 cm³/mol. The van der Waals surface area contributed by atoms with Gasteiger partial charge in [0, 0.05) is 18.9 Å². The van der Waals surface area contributed by atoms with E-state index >= 15 is 0 Å². The molecule has 5 heteroatoms. The Balaban J connectivity index is 1.75. The van der Waals surface area contributed by atoms with Crippen LogP contribution in [0.25, 0.3) is 0 Å². The number of esters is 1. The fourth-order valence-electron chi connectivity index (χ4n) is 3.36. The molecule has 2 aliphatic rings. The van der Waals surface area contributed by atoms with Crippen LogP contribution in [-0.4, -0.2) is 36.5 Å². The minimum atomic E-state index is -0.463. The van der Waals surface area contributed by atoms with E-state index in [1.54, 1.807) is 6.07 Å². The Bertz CT molecular complexity index is 568. The molecular formula is C17H22O5. The molecule has 1 N–H and O–H groups in total. The molecule has 2 aliphatic heterocycles. The zero-order valence-corrected chi connectivity index (χ0v) is 13.0. The second kappa shape index (κ2) is 6.16. The van der Waals surface area contributed by atoms with Crippen molar-refractivity contribution in [3.63, 3.8) is 0 Å². The largest absolute Gasteiger partial charge is 0.507 e. The van der Waals surface area contributed by atoms with Crippen LogP contribution in [0.5, 0.6) is 11.5 Å². The number of benzene rings is 1. The van der Waals surface area contributed by atoms with Gasteiger partial charge in [-0.2, -0.15) is 0 Å². The van der Waals surface area contributed by atoms with Crippen LogP contribution in [0.2, 0.25) is 0 Å². The van der Waals surface area contributed by atoms with Gasteiger partial charge < -0.3 is 19.3 Å². The number of rotatable bonds is 3. The third-order valence-electron chi connectivity index (χ3n) is 4.42. The van der Waals surface area contributed by atoms with E-state index in [1.165, 1.54) is 13.2 Å². The van der Waals surface area contributed by atoms with Crippen molar-refractivity contribution in [1.29, 1.82) is 0 Å². The molecule has 120 valence electrons. The molecule has 1 saturated heterocycles. The second-order valence-electron chi connectivity index (χ2n) is 6.15. The second-order valence-corrected chi connectivity index (χ2v) is 6.15. The van der Waals surface area contributed by atoms with Crippen LogP contribution in [0.4, 0.5) is 0 Å². The molecule has 0 bridgehead atoms. The molecule has 0 amide bonds. The number of hydrogen-bond donors (Lipinski definition) is 1. The van der Waals surface area contributed by atoms with Gasteiger partial charge in [0.05, 0.1) is 19.3 Å². The molecule has 5 nitrogen and oxygen atoms in total. The number of carbonyl (C=O) groups is 1. The molecule has 3 atom stereocenters. The highest BCUT2D eigenvalue weighted by Crippen LogP contribution is 2.34. The van der Waals surface area contributed by atoms with Crippen molar-refractivity contribution in [3.05, 3.63) is 23.3 Å². The molecule has 0 saturated carbocycles. The highest BCUT2D eigenvalue weighted by atomic mass is 16.5. The van der Waals surface area contributed by atoms with Crippen LogP contribution in [0, 0.1) is 0 Å². The quantitative estimate of drug-likeness (QED) is 0.870. The van der Waals surface area contributed by atoms with Gasteiger partial charge in [0.2, 0.25) is 0 Å². The summed E-state index contributed by atoms with van der Waals surface area (Å²) < 4.78 is 16.6. The normalized spacial score (nSPS) is 27.9. The lowest BCUT2D eigenvalue weighted by Gasteiger charge is -2.32. The Kier molecular flexibility index (Phi) is 4.25. The highest BCUT2D eigenvalue weighted by molar-refractivity contribution is 5.95. The lowest BCUT2D eigenvalue weighted by atomic mass is 9.92. The molecule has 0 aromatic heterocycles. The summed E-state index contributed by atoms with van der Waals surface area (Å²) in [5.41, 5.74) is 1.04. The number of carbonyl (C=O) groups excluding carboxylic acids is 1. The Morgan fingerprint density at radius 3 is 2.86 bits per heavy atom. The number of phenolic OH excluding ortho intramolecular Hbond substituents is 1. The maximum atomic E-state index is 12.2. The van der Waals surface area contributed by atoms with Crippen LogP contribution < -0.4 is 4.74 Å². The van der Waals surface area contributed by atoms with E-state index in [4.69, 9.17) is 14.2 Å². The molecule has 22 heavy (non-hydrogen) atoms. The van der Waals surface area contributed by atoms with Gasteiger partial charge in [-0.25, -0.2) is 4.79 Å². The molecule has 1 fully saturated rings. The van der Waals surface area contributed by atoms with Gasteiger partial charge in [0.15, 0.2) is 0 Å². The molecule has 1 aromatic carbocycles. The van der Waals surface area contributed by atoms with E-state index in [9.17, 15) is 9.90 Å². The predicted octanol–water partition coefficient (Wildman–Crippen LogP) is 2.83. The summed E-state index contributed by atoms with van der Waals surface area (Å²) in [4.78, 5) is 12.2. The number of hydrogen-bond acceptors (Lipinski definition) is 5. The number of fused-ring (bicyclic) bond motifs is 1. The first-order valence-corrected chi connectivity index (χ1v) is 7.83. The van der Waals surface area contributed by atoms with Crippen molar-refractivity contribution in [2.75, 3.05) is 7.11 Å². The summed E-state index contributed by atoms with van der Waals surface area (Å²) in [7, 11) is 1.54. The monoisotopic (exact) mass is 306 g/mol. The van der Waals surface area contributed by atoms with Gasteiger partial charge in [-0.05, 0) is 37.8 Å². The topological polar surface area (TPSA) is 65.0 Å². The average Bonchev–Trinajstić information content (AvgIpc) is 2.46. The van der Waals surface area contributed by atoms with Gasteiger partial charge in [-0.15, -0.1) is 0 Å². The van der Waals surface area contributed by atoms with Crippen LogP contribution in [-0.2, 0) is 15.9 Å². The summed E-state index contributed by atoms with van der Waals surface area (Å²) in [6.07, 6.45) is 4.74. The van der Waals surface area contributed by atoms with Crippen LogP contribution in [0.15, 0.2) is 12.1 Å². The first-order valence-electron chi connectivity index (χ1n) is 7.83. The number of aromatic hydroxyl groups is 1. The standard InChI is InChI=1S/C17H22O5/c1-10-4-3-5-12(21-10)8-14-7-11-6-13(20-2)9-15(18)16(11)17(19)22-14/h6,9-10,12,14,18H,3-5,7-8H2,1-2H3. The van der Waals surface area contributed by atoms with Gasteiger partial charge in [0.25, 0.3) is 0 Å². The van der Waals surface area contributed by atoms with Crippen LogP contribution in [0.3, 0.4) is 0 Å². The fraction of sp³-hybridized carbons (Fsp3) is 0.588. The zero-order chi connectivity index (χ0) is 15.7. The first kappa shape index (κ1) is 15.2. The van der Waals surface area contributed by atoms with E-state index in [-0.39, 0.29) is 29.6 Å². The SMILES string of the molecule is COc1cc(O)c2c(c1)CC(CC1CCCC(C)O1)OC2=O. The summed E-state index contributed by atoms with van der Waals surface area (Å²) in [5.74, 6) is 0.00263. The third kappa shape index (κ3) is 3.04. The molecule has 1 aromatic rings. The summed E-state index contributed by atoms with van der Waals surface area (Å²) in [6.45, 7) is 2.08. The third-order valence-corrected chi connectivity index (χ3v) is 4.42. The minimum absolute atomic E-state index is 0.0830. The molecule has 2 heterocycles. The molecule has 3 rings (SSSR count). The van der Waals surface area contributed by atoms with Crippen molar-refractivity contribution in [2.24, 2.45) is 0 Å². The Morgan fingerprint density at radius 1 is 1.32 bits per heavy atom. The molecule has 0 radical (unpaired) electrons. The summed E-state index contributed by atoms with van der Waals surface area (Å²) >= 11 is 0. The molecule has 0 aliphatic carbocycles. The van der Waals surface area contributed by atoms with Crippen LogP contribution in [0.1, 0.15) is 48.5 Å². The van der Waals surface area contributed by atoms with E-state index in [0.717, 1.165) is 24.8 Å². The van der Waals surface area contributed by atoms with Crippen molar-refractivity contribution >= 4 is 5.97 Å². The van der Waals surface area contributed by atoms with E-state index < -0.39 is 5.97 Å². The maximum absolute atomic E-state index is 12.2. The van der Waals surface area contributed by atoms with Gasteiger partial charge in [-0.3, -0.25) is 0 Å². The van der Waals surface area contributed by atoms with E-state index in [2.05, 4.69) is 6.92 Å². The number of ether oxygens (including phenoxy) is 3. The maximum Gasteiger partial charge on any atom is 0.342 e. The first-order chi connectivity index (χ1) is 10.6. The minimum Gasteiger partial charge on any atom is -0.507 e. The number of cyclic esters (lactones) is 1. The fourth-order valence-corrected chi connectivity index (χ4v) is 3.36. The van der Waals surface area contributed by atoms with Crippen molar-refractivity contribution in [2.45, 2.75) is 57.3 Å². The van der Waals surface area contributed by atoms with Crippen LogP contribution >= 0.6 is 0 Å². The Morgan fingerprint density at radius 2 is 2.14 bits per heavy atom. The Labute approximate surface area is 130 Å². The Hall–Kier alpha value is -1.75. The van der Waals surface area contributed by atoms with E-state index in [0.29, 0.717) is 18.6 Å². The van der Waals surface area contributed by atoms with Gasteiger partial charge in [0.1, 0.15) is 23.2 Å².